The summed E-state index contributed by atoms with van der Waals surface area (Å²) in [5.41, 5.74) is 1.81. The van der Waals surface area contributed by atoms with Crippen molar-refractivity contribution in [2.45, 2.75) is 20.8 Å². The van der Waals surface area contributed by atoms with Crippen LogP contribution in [-0.2, 0) is 0 Å². The fourth-order valence-electron chi connectivity index (χ4n) is 3.59. The smallest absolute Gasteiger partial charge is 0.282 e. The van der Waals surface area contributed by atoms with Crippen LogP contribution in [-0.4, -0.2) is 22.5 Å². The zero-order valence-corrected chi connectivity index (χ0v) is 20.4. The van der Waals surface area contributed by atoms with Crippen molar-refractivity contribution in [2.24, 2.45) is 10.5 Å². The van der Waals surface area contributed by atoms with Crippen LogP contribution in [0, 0.1) is 5.41 Å². The maximum Gasteiger partial charge on any atom is 0.282 e. The second-order valence-corrected chi connectivity index (χ2v) is 9.96. The maximum atomic E-state index is 13.4. The molecule has 0 saturated carbocycles. The molecular formula is C28H24ClN3O3. The Bertz CT molecular complexity index is 1610. The minimum absolute atomic E-state index is 0.0722. The topological polar surface area (TPSA) is 69.6 Å². The Morgan fingerprint density at radius 1 is 1.06 bits per heavy atom. The molecule has 0 unspecified atom stereocenters. The van der Waals surface area contributed by atoms with Gasteiger partial charge in [0.15, 0.2) is 5.76 Å². The van der Waals surface area contributed by atoms with Crippen LogP contribution in [0.1, 0.15) is 26.3 Å². The van der Waals surface area contributed by atoms with Crippen LogP contribution in [0.3, 0.4) is 0 Å². The number of hydrogen-bond donors (Lipinski definition) is 0. The first-order valence-corrected chi connectivity index (χ1v) is 11.6. The van der Waals surface area contributed by atoms with Gasteiger partial charge in [-0.15, -0.1) is 0 Å². The summed E-state index contributed by atoms with van der Waals surface area (Å²) in [4.78, 5) is 18.1. The summed E-state index contributed by atoms with van der Waals surface area (Å²) >= 11 is 6.13. The average molecular weight is 486 g/mol. The van der Waals surface area contributed by atoms with Crippen LogP contribution in [0.5, 0.6) is 5.75 Å². The molecule has 5 rings (SSSR count). The first-order chi connectivity index (χ1) is 16.8. The SMILES string of the molecule is CC(C)(C)COc1ccc(C=Nn2c(-c3cc4cc(Cl)ccc4o3)nc3ccccc3c2=O)cc1. The van der Waals surface area contributed by atoms with Crippen LogP contribution in [0.4, 0.5) is 0 Å². The Balaban J connectivity index is 1.55. The molecule has 2 aromatic heterocycles. The number of aromatic nitrogens is 2. The maximum absolute atomic E-state index is 13.4. The number of halogens is 1. The van der Waals surface area contributed by atoms with Crippen molar-refractivity contribution in [3.05, 3.63) is 93.7 Å². The number of furan rings is 1. The molecule has 0 aliphatic carbocycles. The van der Waals surface area contributed by atoms with Crippen LogP contribution in [0.2, 0.25) is 5.02 Å². The lowest BCUT2D eigenvalue weighted by Gasteiger charge is -2.18. The first-order valence-electron chi connectivity index (χ1n) is 11.3. The predicted octanol–water partition coefficient (Wildman–Crippen LogP) is 6.77. The van der Waals surface area contributed by atoms with Crippen LogP contribution >= 0.6 is 11.6 Å². The summed E-state index contributed by atoms with van der Waals surface area (Å²) in [7, 11) is 0. The second kappa shape index (κ2) is 9.04. The number of fused-ring (bicyclic) bond motifs is 2. The van der Waals surface area contributed by atoms with E-state index >= 15 is 0 Å². The molecule has 3 aromatic carbocycles. The highest BCUT2D eigenvalue weighted by Gasteiger charge is 2.16. The van der Waals surface area contributed by atoms with Crippen molar-refractivity contribution in [1.29, 1.82) is 0 Å². The van der Waals surface area contributed by atoms with Crippen molar-refractivity contribution < 1.29 is 9.15 Å². The molecule has 0 aliphatic heterocycles. The van der Waals surface area contributed by atoms with E-state index in [1.165, 1.54) is 4.68 Å². The highest BCUT2D eigenvalue weighted by Crippen LogP contribution is 2.29. The van der Waals surface area contributed by atoms with Gasteiger partial charge in [-0.25, -0.2) is 4.98 Å². The molecular weight excluding hydrogens is 462 g/mol. The van der Waals surface area contributed by atoms with E-state index in [1.54, 1.807) is 42.6 Å². The molecule has 0 N–H and O–H groups in total. The van der Waals surface area contributed by atoms with Gasteiger partial charge in [-0.05, 0) is 71.6 Å². The van der Waals surface area contributed by atoms with Gasteiger partial charge in [-0.3, -0.25) is 4.79 Å². The van der Waals surface area contributed by atoms with Crippen LogP contribution in [0.15, 0.2) is 87.1 Å². The lowest BCUT2D eigenvalue weighted by Crippen LogP contribution is -2.20. The highest BCUT2D eigenvalue weighted by molar-refractivity contribution is 6.31. The number of hydrogen-bond acceptors (Lipinski definition) is 5. The minimum atomic E-state index is -0.287. The standard InChI is InChI=1S/C28H24ClN3O3/c1-28(2,3)17-34-21-11-8-18(9-12-21)16-30-32-26(31-23-7-5-4-6-22(23)27(32)33)25-15-19-14-20(29)10-13-24(19)35-25/h4-16H,17H2,1-3H3. The van der Waals surface area contributed by atoms with E-state index in [4.69, 9.17) is 25.7 Å². The van der Waals surface area contributed by atoms with E-state index in [2.05, 4.69) is 25.9 Å². The number of ether oxygens (including phenoxy) is 1. The number of para-hydroxylation sites is 1. The largest absolute Gasteiger partial charge is 0.493 e. The number of benzene rings is 3. The van der Waals surface area contributed by atoms with Crippen molar-refractivity contribution in [1.82, 2.24) is 9.66 Å². The molecule has 7 heteroatoms. The van der Waals surface area contributed by atoms with Gasteiger partial charge < -0.3 is 9.15 Å². The fraction of sp³-hybridized carbons (Fsp3) is 0.179. The van der Waals surface area contributed by atoms with Gasteiger partial charge in [0.2, 0.25) is 5.82 Å². The molecule has 0 fully saturated rings. The number of nitrogens with zero attached hydrogens (tertiary/aromatic N) is 3. The van der Waals surface area contributed by atoms with Gasteiger partial charge in [-0.2, -0.15) is 9.78 Å². The monoisotopic (exact) mass is 485 g/mol. The predicted molar refractivity (Wildman–Crippen MR) is 141 cm³/mol. The summed E-state index contributed by atoms with van der Waals surface area (Å²) in [6.45, 7) is 6.98. The van der Waals surface area contributed by atoms with Gasteiger partial charge in [0.25, 0.3) is 5.56 Å². The summed E-state index contributed by atoms with van der Waals surface area (Å²) in [6, 6.07) is 21.9. The zero-order valence-electron chi connectivity index (χ0n) is 19.7. The molecule has 0 aliphatic rings. The number of rotatable bonds is 5. The molecule has 0 bridgehead atoms. The van der Waals surface area contributed by atoms with Gasteiger partial charge in [0.1, 0.15) is 11.3 Å². The quantitative estimate of drug-likeness (QED) is 0.257. The highest BCUT2D eigenvalue weighted by atomic mass is 35.5. The summed E-state index contributed by atoms with van der Waals surface area (Å²) < 4.78 is 13.1. The molecule has 35 heavy (non-hydrogen) atoms. The third kappa shape index (κ3) is 4.98. The Hall–Kier alpha value is -3.90. The molecule has 176 valence electrons. The average Bonchev–Trinajstić information content (AvgIpc) is 3.25. The van der Waals surface area contributed by atoms with E-state index in [0.717, 1.165) is 16.7 Å². The van der Waals surface area contributed by atoms with Gasteiger partial charge in [-0.1, -0.05) is 44.5 Å². The lowest BCUT2D eigenvalue weighted by atomic mass is 9.99. The van der Waals surface area contributed by atoms with Gasteiger partial charge in [0, 0.05) is 10.4 Å². The van der Waals surface area contributed by atoms with Gasteiger partial charge >= 0.3 is 0 Å². The Morgan fingerprint density at radius 3 is 2.60 bits per heavy atom. The Kier molecular flexibility index (Phi) is 5.91. The Morgan fingerprint density at radius 2 is 1.83 bits per heavy atom. The molecule has 0 radical (unpaired) electrons. The fourth-order valence-corrected chi connectivity index (χ4v) is 3.77. The van der Waals surface area contributed by atoms with Crippen molar-refractivity contribution in [3.63, 3.8) is 0 Å². The third-order valence-corrected chi connectivity index (χ3v) is 5.56. The molecule has 0 amide bonds. The summed E-state index contributed by atoms with van der Waals surface area (Å²) in [5.74, 6) is 1.51. The minimum Gasteiger partial charge on any atom is -0.493 e. The normalized spacial score (nSPS) is 12.1. The summed E-state index contributed by atoms with van der Waals surface area (Å²) in [5, 5.41) is 6.38. The lowest BCUT2D eigenvalue weighted by molar-refractivity contribution is 0.198. The van der Waals surface area contributed by atoms with E-state index < -0.39 is 0 Å². The first kappa shape index (κ1) is 22.9. The van der Waals surface area contributed by atoms with Crippen LogP contribution < -0.4 is 10.3 Å². The third-order valence-electron chi connectivity index (χ3n) is 5.33. The van der Waals surface area contributed by atoms with E-state index in [0.29, 0.717) is 39.7 Å². The second-order valence-electron chi connectivity index (χ2n) is 9.53. The van der Waals surface area contributed by atoms with Crippen molar-refractivity contribution in [2.75, 3.05) is 6.61 Å². The zero-order chi connectivity index (χ0) is 24.6. The molecule has 5 aromatic rings. The van der Waals surface area contributed by atoms with E-state index in [-0.39, 0.29) is 11.0 Å². The van der Waals surface area contributed by atoms with E-state index in [9.17, 15) is 4.79 Å². The van der Waals surface area contributed by atoms with Crippen LogP contribution in [0.25, 0.3) is 33.5 Å². The van der Waals surface area contributed by atoms with Gasteiger partial charge in [0.05, 0.1) is 23.7 Å². The molecule has 0 atom stereocenters. The molecule has 2 heterocycles. The molecule has 0 saturated heterocycles. The summed E-state index contributed by atoms with van der Waals surface area (Å²) in [6.07, 6.45) is 1.62. The van der Waals surface area contributed by atoms with Crippen molar-refractivity contribution >= 4 is 39.7 Å². The molecule has 0 spiro atoms. The van der Waals surface area contributed by atoms with E-state index in [1.807, 2.05) is 36.4 Å². The Labute approximate surface area is 207 Å². The molecule has 6 nitrogen and oxygen atoms in total. The van der Waals surface area contributed by atoms with Crippen molar-refractivity contribution in [3.8, 4) is 17.3 Å².